The first kappa shape index (κ1) is 12.2. The summed E-state index contributed by atoms with van der Waals surface area (Å²) >= 11 is 3.50. The predicted octanol–water partition coefficient (Wildman–Crippen LogP) is 3.38. The molecule has 0 spiro atoms. The Hall–Kier alpha value is -1.88. The third-order valence-electron chi connectivity index (χ3n) is 2.94. The van der Waals surface area contributed by atoms with E-state index in [9.17, 15) is 0 Å². The molecule has 2 N–H and O–H groups in total. The summed E-state index contributed by atoms with van der Waals surface area (Å²) in [4.78, 5) is 8.81. The SMILES string of the molecule is Cc1cc(Br)cc(-n2c(N)nc3cc(C)cnc32)c1. The molecule has 0 amide bonds. The van der Waals surface area contributed by atoms with Crippen LogP contribution in [0.25, 0.3) is 16.9 Å². The van der Waals surface area contributed by atoms with Crippen molar-refractivity contribution in [1.82, 2.24) is 14.5 Å². The van der Waals surface area contributed by atoms with Crippen molar-refractivity contribution < 1.29 is 0 Å². The second kappa shape index (κ2) is 4.35. The monoisotopic (exact) mass is 316 g/mol. The van der Waals surface area contributed by atoms with Crippen LogP contribution < -0.4 is 5.73 Å². The maximum absolute atomic E-state index is 6.03. The van der Waals surface area contributed by atoms with Gasteiger partial charge in [-0.25, -0.2) is 9.97 Å². The molecule has 3 aromatic rings. The summed E-state index contributed by atoms with van der Waals surface area (Å²) in [6.45, 7) is 4.03. The van der Waals surface area contributed by atoms with Crippen molar-refractivity contribution in [3.63, 3.8) is 0 Å². The summed E-state index contributed by atoms with van der Waals surface area (Å²) in [5.41, 5.74) is 10.8. The Balaban J connectivity index is 2.32. The summed E-state index contributed by atoms with van der Waals surface area (Å²) in [6.07, 6.45) is 1.82. The number of halogens is 1. The molecule has 0 saturated carbocycles. The van der Waals surface area contributed by atoms with Gasteiger partial charge in [0.2, 0.25) is 5.95 Å². The van der Waals surface area contributed by atoms with E-state index in [-0.39, 0.29) is 0 Å². The van der Waals surface area contributed by atoms with Gasteiger partial charge in [0, 0.05) is 10.7 Å². The summed E-state index contributed by atoms with van der Waals surface area (Å²) in [5, 5.41) is 0. The fraction of sp³-hybridized carbons (Fsp3) is 0.143. The largest absolute Gasteiger partial charge is 0.369 e. The van der Waals surface area contributed by atoms with Crippen LogP contribution >= 0.6 is 15.9 Å². The van der Waals surface area contributed by atoms with Gasteiger partial charge in [0.05, 0.1) is 5.69 Å². The van der Waals surface area contributed by atoms with E-state index in [1.807, 2.05) is 36.7 Å². The number of hydrogen-bond donors (Lipinski definition) is 1. The highest BCUT2D eigenvalue weighted by atomic mass is 79.9. The molecule has 0 atom stereocenters. The molecule has 1 aromatic carbocycles. The zero-order valence-electron chi connectivity index (χ0n) is 10.7. The van der Waals surface area contributed by atoms with Crippen LogP contribution in [-0.4, -0.2) is 14.5 Å². The zero-order valence-corrected chi connectivity index (χ0v) is 12.3. The quantitative estimate of drug-likeness (QED) is 0.748. The topological polar surface area (TPSA) is 56.7 Å². The number of pyridine rings is 1. The number of aromatic nitrogens is 3. The van der Waals surface area contributed by atoms with Gasteiger partial charge in [0.1, 0.15) is 5.52 Å². The minimum atomic E-state index is 0.450. The summed E-state index contributed by atoms with van der Waals surface area (Å²) < 4.78 is 2.88. The molecule has 96 valence electrons. The molecule has 5 heteroatoms. The highest BCUT2D eigenvalue weighted by Crippen LogP contribution is 2.25. The maximum Gasteiger partial charge on any atom is 0.207 e. The van der Waals surface area contributed by atoms with Gasteiger partial charge < -0.3 is 5.73 Å². The van der Waals surface area contributed by atoms with Gasteiger partial charge in [-0.3, -0.25) is 4.57 Å². The van der Waals surface area contributed by atoms with E-state index in [0.717, 1.165) is 32.5 Å². The van der Waals surface area contributed by atoms with Gasteiger partial charge in [0.15, 0.2) is 5.65 Å². The van der Waals surface area contributed by atoms with E-state index in [1.54, 1.807) is 0 Å². The number of fused-ring (bicyclic) bond motifs is 1. The number of nitrogens with two attached hydrogens (primary N) is 1. The van der Waals surface area contributed by atoms with E-state index in [4.69, 9.17) is 5.73 Å². The summed E-state index contributed by atoms with van der Waals surface area (Å²) in [7, 11) is 0. The highest BCUT2D eigenvalue weighted by molar-refractivity contribution is 9.10. The number of anilines is 1. The zero-order chi connectivity index (χ0) is 13.6. The fourth-order valence-electron chi connectivity index (χ4n) is 2.18. The molecular formula is C14H13BrN4. The number of benzene rings is 1. The molecule has 0 saturated heterocycles. The van der Waals surface area contributed by atoms with E-state index in [2.05, 4.69) is 38.0 Å². The van der Waals surface area contributed by atoms with Gasteiger partial charge in [-0.2, -0.15) is 0 Å². The van der Waals surface area contributed by atoms with E-state index in [0.29, 0.717) is 5.95 Å². The molecule has 19 heavy (non-hydrogen) atoms. The summed E-state index contributed by atoms with van der Waals surface area (Å²) in [6, 6.07) is 8.10. The lowest BCUT2D eigenvalue weighted by molar-refractivity contribution is 1.08. The Kier molecular flexibility index (Phi) is 2.78. The molecule has 2 heterocycles. The number of aryl methyl sites for hydroxylation is 2. The van der Waals surface area contributed by atoms with Crippen molar-refractivity contribution in [2.75, 3.05) is 5.73 Å². The highest BCUT2D eigenvalue weighted by Gasteiger charge is 2.12. The van der Waals surface area contributed by atoms with E-state index < -0.39 is 0 Å². The van der Waals surface area contributed by atoms with Crippen LogP contribution in [0.3, 0.4) is 0 Å². The molecule has 0 radical (unpaired) electrons. The van der Waals surface area contributed by atoms with Gasteiger partial charge in [-0.1, -0.05) is 15.9 Å². The molecule has 0 fully saturated rings. The lowest BCUT2D eigenvalue weighted by Crippen LogP contribution is -2.01. The molecule has 3 rings (SSSR count). The minimum Gasteiger partial charge on any atom is -0.369 e. The van der Waals surface area contributed by atoms with Crippen molar-refractivity contribution in [1.29, 1.82) is 0 Å². The van der Waals surface area contributed by atoms with Crippen LogP contribution in [0.5, 0.6) is 0 Å². The number of nitrogen functional groups attached to an aromatic ring is 1. The van der Waals surface area contributed by atoms with Crippen molar-refractivity contribution in [2.24, 2.45) is 0 Å². The van der Waals surface area contributed by atoms with Crippen LogP contribution in [-0.2, 0) is 0 Å². The van der Waals surface area contributed by atoms with E-state index in [1.165, 1.54) is 0 Å². The first-order valence-corrected chi connectivity index (χ1v) is 6.72. The summed E-state index contributed by atoms with van der Waals surface area (Å²) in [5.74, 6) is 0.450. The second-order valence-electron chi connectivity index (χ2n) is 4.65. The minimum absolute atomic E-state index is 0.450. The number of nitrogens with zero attached hydrogens (tertiary/aromatic N) is 3. The molecule has 0 aliphatic carbocycles. The van der Waals surface area contributed by atoms with Crippen LogP contribution in [0.2, 0.25) is 0 Å². The molecule has 4 nitrogen and oxygen atoms in total. The van der Waals surface area contributed by atoms with Crippen LogP contribution in [0.1, 0.15) is 11.1 Å². The third-order valence-corrected chi connectivity index (χ3v) is 3.40. The molecule has 0 aliphatic heterocycles. The smallest absolute Gasteiger partial charge is 0.207 e. The average molecular weight is 317 g/mol. The molecule has 2 aromatic heterocycles. The van der Waals surface area contributed by atoms with Crippen LogP contribution in [0, 0.1) is 13.8 Å². The number of hydrogen-bond acceptors (Lipinski definition) is 3. The average Bonchev–Trinajstić information content (AvgIpc) is 2.62. The Bertz CT molecular complexity index is 756. The van der Waals surface area contributed by atoms with Crippen molar-refractivity contribution in [3.05, 3.63) is 46.1 Å². The molecule has 0 aliphatic rings. The Morgan fingerprint density at radius 2 is 1.89 bits per heavy atom. The lowest BCUT2D eigenvalue weighted by atomic mass is 10.2. The van der Waals surface area contributed by atoms with Crippen LogP contribution in [0.15, 0.2) is 34.9 Å². The first-order chi connectivity index (χ1) is 9.04. The second-order valence-corrected chi connectivity index (χ2v) is 5.56. The van der Waals surface area contributed by atoms with Crippen LogP contribution in [0.4, 0.5) is 5.95 Å². The van der Waals surface area contributed by atoms with Gasteiger partial charge in [0.25, 0.3) is 0 Å². The third kappa shape index (κ3) is 2.10. The van der Waals surface area contributed by atoms with Crippen molar-refractivity contribution >= 4 is 33.0 Å². The van der Waals surface area contributed by atoms with Gasteiger partial charge >= 0.3 is 0 Å². The van der Waals surface area contributed by atoms with Crippen molar-refractivity contribution in [2.45, 2.75) is 13.8 Å². The lowest BCUT2D eigenvalue weighted by Gasteiger charge is -2.07. The first-order valence-electron chi connectivity index (χ1n) is 5.93. The number of imidazole rings is 1. The molecular weight excluding hydrogens is 304 g/mol. The standard InChI is InChI=1S/C14H13BrN4/c1-8-3-10(15)6-11(4-8)19-13-12(18-14(19)16)5-9(2)7-17-13/h3-7H,1-2H3,(H2,16,18). The Morgan fingerprint density at radius 3 is 2.63 bits per heavy atom. The molecule has 0 unspecified atom stereocenters. The number of rotatable bonds is 1. The van der Waals surface area contributed by atoms with Gasteiger partial charge in [-0.05, 0) is 49.2 Å². The fourth-order valence-corrected chi connectivity index (χ4v) is 2.78. The predicted molar refractivity (Wildman–Crippen MR) is 80.5 cm³/mol. The van der Waals surface area contributed by atoms with Crippen molar-refractivity contribution in [3.8, 4) is 5.69 Å². The molecule has 0 bridgehead atoms. The maximum atomic E-state index is 6.03. The normalized spacial score (nSPS) is 11.1. The Morgan fingerprint density at radius 1 is 1.11 bits per heavy atom. The van der Waals surface area contributed by atoms with E-state index >= 15 is 0 Å². The van der Waals surface area contributed by atoms with Gasteiger partial charge in [-0.15, -0.1) is 0 Å². The Labute approximate surface area is 119 Å².